The average Bonchev–Trinajstić information content (AvgIpc) is 3.35. The van der Waals surface area contributed by atoms with Gasteiger partial charge in [-0.1, -0.05) is 0 Å². The van der Waals surface area contributed by atoms with Crippen LogP contribution in [0.25, 0.3) is 5.82 Å². The van der Waals surface area contributed by atoms with Gasteiger partial charge in [0.05, 0.1) is 12.5 Å². The predicted molar refractivity (Wildman–Crippen MR) is 89.1 cm³/mol. The Labute approximate surface area is 140 Å². The minimum Gasteiger partial charge on any atom is -0.381 e. The molecular formula is C17H21N5O2. The van der Waals surface area contributed by atoms with Gasteiger partial charge in [0.1, 0.15) is 18.0 Å². The van der Waals surface area contributed by atoms with Crippen molar-refractivity contribution in [3.05, 3.63) is 36.9 Å². The van der Waals surface area contributed by atoms with Crippen LogP contribution in [0, 0.1) is 5.92 Å². The van der Waals surface area contributed by atoms with Crippen molar-refractivity contribution in [3.63, 3.8) is 0 Å². The highest BCUT2D eigenvalue weighted by atomic mass is 16.5. The number of rotatable bonds is 3. The first-order valence-corrected chi connectivity index (χ1v) is 8.38. The topological polar surface area (TPSA) is 63.5 Å². The molecule has 2 aliphatic heterocycles. The highest BCUT2D eigenvalue weighted by molar-refractivity contribution is 5.79. The maximum Gasteiger partial charge on any atom is 0.228 e. The summed E-state index contributed by atoms with van der Waals surface area (Å²) >= 11 is 0. The van der Waals surface area contributed by atoms with Gasteiger partial charge >= 0.3 is 0 Å². The molecule has 0 N–H and O–H groups in total. The lowest BCUT2D eigenvalue weighted by Crippen LogP contribution is -2.50. The molecule has 2 aromatic heterocycles. The van der Waals surface area contributed by atoms with Crippen molar-refractivity contribution < 1.29 is 9.53 Å². The second-order valence-electron chi connectivity index (χ2n) is 6.20. The number of carbonyl (C=O) groups excluding carboxylic acids is 1. The Kier molecular flexibility index (Phi) is 4.17. The Morgan fingerprint density at radius 2 is 1.83 bits per heavy atom. The number of piperazine rings is 1. The number of nitrogens with zero attached hydrogens (tertiary/aromatic N) is 5. The van der Waals surface area contributed by atoms with Crippen LogP contribution in [0.3, 0.4) is 0 Å². The summed E-state index contributed by atoms with van der Waals surface area (Å²) in [5.74, 6) is 2.05. The smallest absolute Gasteiger partial charge is 0.228 e. The Morgan fingerprint density at radius 1 is 1.08 bits per heavy atom. The van der Waals surface area contributed by atoms with E-state index >= 15 is 0 Å². The molecule has 2 aliphatic rings. The van der Waals surface area contributed by atoms with Crippen molar-refractivity contribution in [1.82, 2.24) is 19.4 Å². The molecule has 2 saturated heterocycles. The molecule has 0 spiro atoms. The first-order chi connectivity index (χ1) is 11.8. The molecule has 7 nitrogen and oxygen atoms in total. The van der Waals surface area contributed by atoms with E-state index in [0.29, 0.717) is 13.2 Å². The quantitative estimate of drug-likeness (QED) is 0.840. The highest BCUT2D eigenvalue weighted by Crippen LogP contribution is 2.19. The molecule has 4 rings (SSSR count). The molecule has 126 valence electrons. The largest absolute Gasteiger partial charge is 0.381 e. The van der Waals surface area contributed by atoms with E-state index in [1.165, 1.54) is 0 Å². The summed E-state index contributed by atoms with van der Waals surface area (Å²) < 4.78 is 7.29. The molecule has 0 bridgehead atoms. The van der Waals surface area contributed by atoms with Crippen LogP contribution in [0.15, 0.2) is 36.9 Å². The summed E-state index contributed by atoms with van der Waals surface area (Å²) in [6.07, 6.45) is 6.38. The van der Waals surface area contributed by atoms with Gasteiger partial charge in [0.15, 0.2) is 0 Å². The summed E-state index contributed by atoms with van der Waals surface area (Å²) in [4.78, 5) is 25.3. The summed E-state index contributed by atoms with van der Waals surface area (Å²) in [7, 11) is 0. The summed E-state index contributed by atoms with van der Waals surface area (Å²) in [6.45, 7) is 4.34. The minimum atomic E-state index is 0.0518. The Balaban J connectivity index is 1.41. The lowest BCUT2D eigenvalue weighted by molar-refractivity contribution is -0.135. The molecule has 0 saturated carbocycles. The molecule has 7 heteroatoms. The van der Waals surface area contributed by atoms with Crippen LogP contribution in [-0.2, 0) is 9.53 Å². The maximum atomic E-state index is 12.5. The van der Waals surface area contributed by atoms with Crippen LogP contribution in [0.4, 0.5) is 5.82 Å². The van der Waals surface area contributed by atoms with Gasteiger partial charge in [-0.3, -0.25) is 4.79 Å². The fraction of sp³-hybridized carbons (Fsp3) is 0.471. The van der Waals surface area contributed by atoms with Gasteiger partial charge in [-0.15, -0.1) is 0 Å². The van der Waals surface area contributed by atoms with Crippen molar-refractivity contribution in [2.75, 3.05) is 44.3 Å². The molecule has 2 fully saturated rings. The van der Waals surface area contributed by atoms with E-state index in [0.717, 1.165) is 44.2 Å². The van der Waals surface area contributed by atoms with Gasteiger partial charge in [0, 0.05) is 51.2 Å². The van der Waals surface area contributed by atoms with Crippen molar-refractivity contribution in [3.8, 4) is 5.82 Å². The third-order valence-electron chi connectivity index (χ3n) is 4.70. The molecule has 1 amide bonds. The van der Waals surface area contributed by atoms with Crippen molar-refractivity contribution in [2.24, 2.45) is 5.92 Å². The second-order valence-corrected chi connectivity index (χ2v) is 6.20. The average molecular weight is 327 g/mol. The lowest BCUT2D eigenvalue weighted by Gasteiger charge is -2.36. The fourth-order valence-corrected chi connectivity index (χ4v) is 3.28. The van der Waals surface area contributed by atoms with Crippen molar-refractivity contribution in [1.29, 1.82) is 0 Å². The fourth-order valence-electron chi connectivity index (χ4n) is 3.28. The number of amides is 1. The van der Waals surface area contributed by atoms with Crippen LogP contribution in [-0.4, -0.2) is 64.7 Å². The minimum absolute atomic E-state index is 0.0518. The number of hydrogen-bond donors (Lipinski definition) is 0. The Bertz CT molecular complexity index is 689. The summed E-state index contributed by atoms with van der Waals surface area (Å²) in [5, 5.41) is 0. The van der Waals surface area contributed by atoms with Crippen LogP contribution in [0.2, 0.25) is 0 Å². The van der Waals surface area contributed by atoms with E-state index in [2.05, 4.69) is 14.9 Å². The zero-order valence-corrected chi connectivity index (χ0v) is 13.5. The lowest BCUT2D eigenvalue weighted by atomic mass is 10.1. The van der Waals surface area contributed by atoms with Crippen LogP contribution >= 0.6 is 0 Å². The summed E-state index contributed by atoms with van der Waals surface area (Å²) in [5.41, 5.74) is 0. The molecule has 24 heavy (non-hydrogen) atoms. The van der Waals surface area contributed by atoms with E-state index in [1.807, 2.05) is 40.1 Å². The van der Waals surface area contributed by atoms with Gasteiger partial charge in [-0.05, 0) is 18.6 Å². The molecule has 4 heterocycles. The molecule has 2 aromatic rings. The number of carbonyl (C=O) groups is 1. The standard InChI is InChI=1S/C17H21N5O2/c23-17(14-3-10-24-12-14)22-8-6-21(7-9-22)16-11-15(18-13-19-16)20-4-1-2-5-20/h1-2,4-5,11,13-14H,3,6-10,12H2. The van der Waals surface area contributed by atoms with Gasteiger partial charge in [0.2, 0.25) is 5.91 Å². The van der Waals surface area contributed by atoms with E-state index in [4.69, 9.17) is 4.74 Å². The van der Waals surface area contributed by atoms with Crippen molar-refractivity contribution in [2.45, 2.75) is 6.42 Å². The molecule has 0 aromatic carbocycles. The van der Waals surface area contributed by atoms with Gasteiger partial charge < -0.3 is 19.1 Å². The zero-order chi connectivity index (χ0) is 16.4. The highest BCUT2D eigenvalue weighted by Gasteiger charge is 2.30. The Hall–Kier alpha value is -2.41. The molecule has 1 unspecified atom stereocenters. The van der Waals surface area contributed by atoms with E-state index in [9.17, 15) is 4.79 Å². The second kappa shape index (κ2) is 6.60. The van der Waals surface area contributed by atoms with E-state index < -0.39 is 0 Å². The van der Waals surface area contributed by atoms with Crippen LogP contribution in [0.1, 0.15) is 6.42 Å². The molecular weight excluding hydrogens is 306 g/mol. The molecule has 0 radical (unpaired) electrons. The SMILES string of the molecule is O=C(C1CCOC1)N1CCN(c2cc(-n3cccc3)ncn2)CC1. The van der Waals surface area contributed by atoms with Crippen LogP contribution in [0.5, 0.6) is 0 Å². The third-order valence-corrected chi connectivity index (χ3v) is 4.70. The first kappa shape index (κ1) is 15.1. The number of aromatic nitrogens is 3. The normalized spacial score (nSPS) is 21.2. The summed E-state index contributed by atoms with van der Waals surface area (Å²) in [6, 6.07) is 5.93. The Morgan fingerprint density at radius 3 is 2.54 bits per heavy atom. The molecule has 0 aliphatic carbocycles. The monoisotopic (exact) mass is 327 g/mol. The molecule has 1 atom stereocenters. The number of ether oxygens (including phenoxy) is 1. The van der Waals surface area contributed by atoms with Gasteiger partial charge in [0.25, 0.3) is 0 Å². The van der Waals surface area contributed by atoms with E-state index in [1.54, 1.807) is 6.33 Å². The van der Waals surface area contributed by atoms with Crippen molar-refractivity contribution >= 4 is 11.7 Å². The number of hydrogen-bond acceptors (Lipinski definition) is 5. The zero-order valence-electron chi connectivity index (χ0n) is 13.5. The number of anilines is 1. The van der Waals surface area contributed by atoms with Gasteiger partial charge in [-0.2, -0.15) is 0 Å². The van der Waals surface area contributed by atoms with Crippen LogP contribution < -0.4 is 4.90 Å². The maximum absolute atomic E-state index is 12.5. The third kappa shape index (κ3) is 2.99. The van der Waals surface area contributed by atoms with Gasteiger partial charge in [-0.25, -0.2) is 9.97 Å². The predicted octanol–water partition coefficient (Wildman–Crippen LogP) is 0.952. The van der Waals surface area contributed by atoms with E-state index in [-0.39, 0.29) is 11.8 Å². The first-order valence-electron chi connectivity index (χ1n) is 8.38.